The normalized spacial score (nSPS) is 10.0. The summed E-state index contributed by atoms with van der Waals surface area (Å²) in [5.74, 6) is -0.355. The first-order chi connectivity index (χ1) is 11.0. The van der Waals surface area contributed by atoms with Crippen LogP contribution in [-0.4, -0.2) is 25.2 Å². The minimum Gasteiger partial charge on any atom is -0.496 e. The van der Waals surface area contributed by atoms with Crippen molar-refractivity contribution in [1.82, 2.24) is 10.9 Å². The Morgan fingerprint density at radius 3 is 2.26 bits per heavy atom. The van der Waals surface area contributed by atoms with E-state index in [2.05, 4.69) is 10.9 Å². The number of nitrogens with one attached hydrogen (secondary N) is 2. The van der Waals surface area contributed by atoms with Crippen molar-refractivity contribution >= 4 is 23.6 Å². The van der Waals surface area contributed by atoms with Crippen molar-refractivity contribution in [2.24, 2.45) is 0 Å². The van der Waals surface area contributed by atoms with Crippen molar-refractivity contribution in [2.45, 2.75) is 11.8 Å². The number of rotatable bonds is 4. The number of aryl methyl sites for hydroxylation is 1. The summed E-state index contributed by atoms with van der Waals surface area (Å²) in [4.78, 5) is 25.2. The molecule has 0 spiro atoms. The van der Waals surface area contributed by atoms with E-state index < -0.39 is 5.91 Å². The smallest absolute Gasteiger partial charge is 0.273 e. The van der Waals surface area contributed by atoms with Crippen molar-refractivity contribution in [1.29, 1.82) is 0 Å². The number of hydrazine groups is 1. The lowest BCUT2D eigenvalue weighted by Crippen LogP contribution is -2.41. The minimum absolute atomic E-state index is 0.356. The van der Waals surface area contributed by atoms with Gasteiger partial charge in [-0.25, -0.2) is 0 Å². The first-order valence-electron chi connectivity index (χ1n) is 6.94. The summed E-state index contributed by atoms with van der Waals surface area (Å²) in [7, 11) is 1.50. The maximum absolute atomic E-state index is 12.2. The van der Waals surface area contributed by atoms with E-state index in [0.29, 0.717) is 16.9 Å². The fraction of sp³-hybridized carbons (Fsp3) is 0.176. The lowest BCUT2D eigenvalue weighted by Gasteiger charge is -2.11. The molecule has 0 saturated heterocycles. The molecule has 0 unspecified atom stereocenters. The van der Waals surface area contributed by atoms with E-state index in [1.54, 1.807) is 36.0 Å². The van der Waals surface area contributed by atoms with Gasteiger partial charge in [0.1, 0.15) is 5.75 Å². The van der Waals surface area contributed by atoms with Crippen molar-refractivity contribution in [2.75, 3.05) is 13.4 Å². The Bertz CT molecular complexity index is 714. The van der Waals surface area contributed by atoms with Gasteiger partial charge in [-0.05, 0) is 43.5 Å². The Balaban J connectivity index is 2.04. The molecule has 0 bridgehead atoms. The van der Waals surface area contributed by atoms with Gasteiger partial charge >= 0.3 is 0 Å². The molecule has 6 heteroatoms. The number of methoxy groups -OCH3 is 1. The highest BCUT2D eigenvalue weighted by Crippen LogP contribution is 2.25. The third kappa shape index (κ3) is 4.26. The molecule has 0 fully saturated rings. The quantitative estimate of drug-likeness (QED) is 0.668. The molecule has 23 heavy (non-hydrogen) atoms. The molecule has 5 nitrogen and oxygen atoms in total. The predicted molar refractivity (Wildman–Crippen MR) is 90.9 cm³/mol. The number of carbonyl (C=O) groups is 2. The van der Waals surface area contributed by atoms with Gasteiger partial charge in [0.05, 0.1) is 12.7 Å². The van der Waals surface area contributed by atoms with Crippen LogP contribution in [0.5, 0.6) is 5.75 Å². The van der Waals surface area contributed by atoms with Crippen molar-refractivity contribution in [3.8, 4) is 5.75 Å². The van der Waals surface area contributed by atoms with Crippen LogP contribution in [0.2, 0.25) is 0 Å². The van der Waals surface area contributed by atoms with E-state index in [9.17, 15) is 9.59 Å². The fourth-order valence-electron chi connectivity index (χ4n) is 1.94. The van der Waals surface area contributed by atoms with Crippen LogP contribution >= 0.6 is 11.8 Å². The van der Waals surface area contributed by atoms with Crippen molar-refractivity contribution in [3.63, 3.8) is 0 Å². The van der Waals surface area contributed by atoms with Crippen LogP contribution in [0.15, 0.2) is 47.4 Å². The van der Waals surface area contributed by atoms with Gasteiger partial charge in [0.25, 0.3) is 11.8 Å². The summed E-state index contributed by atoms with van der Waals surface area (Å²) >= 11 is 1.55. The number of thioether (sulfide) groups is 1. The van der Waals surface area contributed by atoms with Gasteiger partial charge in [0.2, 0.25) is 0 Å². The third-order valence-corrected chi connectivity index (χ3v) is 3.98. The second-order valence-corrected chi connectivity index (χ2v) is 5.72. The molecule has 0 saturated carbocycles. The highest BCUT2D eigenvalue weighted by Gasteiger charge is 2.14. The van der Waals surface area contributed by atoms with Crippen LogP contribution in [0.4, 0.5) is 0 Å². The zero-order valence-electron chi connectivity index (χ0n) is 13.2. The van der Waals surface area contributed by atoms with E-state index in [1.165, 1.54) is 7.11 Å². The average Bonchev–Trinajstić information content (AvgIpc) is 2.59. The second-order valence-electron chi connectivity index (χ2n) is 4.84. The van der Waals surface area contributed by atoms with Gasteiger partial charge in [0, 0.05) is 10.5 Å². The molecule has 2 aromatic carbocycles. The van der Waals surface area contributed by atoms with Crippen LogP contribution in [0.1, 0.15) is 26.3 Å². The van der Waals surface area contributed by atoms with Crippen LogP contribution < -0.4 is 15.6 Å². The highest BCUT2D eigenvalue weighted by atomic mass is 32.2. The topological polar surface area (TPSA) is 67.4 Å². The van der Waals surface area contributed by atoms with Crippen LogP contribution in [-0.2, 0) is 0 Å². The maximum atomic E-state index is 12.2. The molecule has 120 valence electrons. The van der Waals surface area contributed by atoms with Gasteiger partial charge in [-0.15, -0.1) is 11.8 Å². The van der Waals surface area contributed by atoms with Crippen LogP contribution in [0.25, 0.3) is 0 Å². The number of hydrogen-bond donors (Lipinski definition) is 2. The number of benzene rings is 2. The third-order valence-electron chi connectivity index (χ3n) is 3.26. The van der Waals surface area contributed by atoms with Crippen molar-refractivity contribution < 1.29 is 14.3 Å². The van der Waals surface area contributed by atoms with Gasteiger partial charge in [-0.3, -0.25) is 20.4 Å². The molecule has 2 aromatic rings. The number of amides is 2. The minimum atomic E-state index is -0.435. The highest BCUT2D eigenvalue weighted by molar-refractivity contribution is 7.98. The molecule has 0 aliphatic carbocycles. The predicted octanol–water partition coefficient (Wildman–Crippen LogP) is 2.80. The summed E-state index contributed by atoms with van der Waals surface area (Å²) in [6.07, 6.45) is 1.94. The molecule has 0 aliphatic rings. The zero-order chi connectivity index (χ0) is 16.8. The van der Waals surface area contributed by atoms with Gasteiger partial charge in [0.15, 0.2) is 0 Å². The Hall–Kier alpha value is -2.47. The first-order valence-corrected chi connectivity index (χ1v) is 8.17. The average molecular weight is 330 g/mol. The van der Waals surface area contributed by atoms with E-state index in [1.807, 2.05) is 31.4 Å². The Labute approximate surface area is 139 Å². The molecule has 2 rings (SSSR count). The van der Waals surface area contributed by atoms with E-state index in [-0.39, 0.29) is 5.91 Å². The molecule has 0 aromatic heterocycles. The SMILES string of the molecule is COc1cc(SC)ccc1C(=O)NNC(=O)c1ccc(C)cc1. The van der Waals surface area contributed by atoms with Crippen molar-refractivity contribution in [3.05, 3.63) is 59.2 Å². The van der Waals surface area contributed by atoms with E-state index in [0.717, 1.165) is 10.5 Å². The standard InChI is InChI=1S/C17H18N2O3S/c1-11-4-6-12(7-5-11)16(20)18-19-17(21)14-9-8-13(23-3)10-15(14)22-2/h4-10H,1-3H3,(H,18,20)(H,19,21). The van der Waals surface area contributed by atoms with Gasteiger partial charge in [-0.2, -0.15) is 0 Å². The van der Waals surface area contributed by atoms with Gasteiger partial charge in [-0.1, -0.05) is 17.7 Å². The Morgan fingerprint density at radius 1 is 1.00 bits per heavy atom. The number of hydrogen-bond acceptors (Lipinski definition) is 4. The Kier molecular flexibility index (Phi) is 5.65. The lowest BCUT2D eigenvalue weighted by atomic mass is 10.1. The lowest BCUT2D eigenvalue weighted by molar-refractivity contribution is 0.0845. The maximum Gasteiger partial charge on any atom is 0.273 e. The summed E-state index contributed by atoms with van der Waals surface area (Å²) in [5, 5.41) is 0. The van der Waals surface area contributed by atoms with E-state index >= 15 is 0 Å². The van der Waals surface area contributed by atoms with Gasteiger partial charge < -0.3 is 4.74 Å². The monoisotopic (exact) mass is 330 g/mol. The molecule has 0 heterocycles. The summed E-state index contributed by atoms with van der Waals surface area (Å²) in [6.45, 7) is 1.94. The first kappa shape index (κ1) is 16.9. The zero-order valence-corrected chi connectivity index (χ0v) is 14.0. The largest absolute Gasteiger partial charge is 0.496 e. The molecular weight excluding hydrogens is 312 g/mol. The second kappa shape index (κ2) is 7.69. The number of carbonyl (C=O) groups excluding carboxylic acids is 2. The van der Waals surface area contributed by atoms with E-state index in [4.69, 9.17) is 4.74 Å². The summed E-state index contributed by atoms with van der Waals surface area (Å²) < 4.78 is 5.23. The summed E-state index contributed by atoms with van der Waals surface area (Å²) in [5.41, 5.74) is 6.68. The molecular formula is C17H18N2O3S. The van der Waals surface area contributed by atoms with Crippen LogP contribution in [0, 0.1) is 6.92 Å². The molecule has 0 radical (unpaired) electrons. The molecule has 0 atom stereocenters. The molecule has 2 amide bonds. The van der Waals surface area contributed by atoms with Crippen LogP contribution in [0.3, 0.4) is 0 Å². The molecule has 2 N–H and O–H groups in total. The fourth-order valence-corrected chi connectivity index (χ4v) is 2.37. The summed E-state index contributed by atoms with van der Waals surface area (Å²) in [6, 6.07) is 12.3. The Morgan fingerprint density at radius 2 is 1.65 bits per heavy atom. The number of ether oxygens (including phenoxy) is 1. The molecule has 0 aliphatic heterocycles.